The van der Waals surface area contributed by atoms with Crippen LogP contribution < -0.4 is 10.1 Å². The molecule has 0 saturated carbocycles. The number of ether oxygens (including phenoxy) is 1. The van der Waals surface area contributed by atoms with Gasteiger partial charge in [-0.15, -0.1) is 11.3 Å². The van der Waals surface area contributed by atoms with Crippen LogP contribution in [0.1, 0.15) is 5.69 Å². The van der Waals surface area contributed by atoms with Gasteiger partial charge in [-0.3, -0.25) is 4.98 Å². The van der Waals surface area contributed by atoms with Crippen molar-refractivity contribution in [1.29, 1.82) is 0 Å². The van der Waals surface area contributed by atoms with Gasteiger partial charge in [0.05, 0.1) is 24.1 Å². The third-order valence-corrected chi connectivity index (χ3v) is 3.82. The Morgan fingerprint density at radius 3 is 2.65 bits per heavy atom. The molecule has 0 radical (unpaired) electrons. The number of nitrogens with one attached hydrogen (secondary N) is 1. The first-order chi connectivity index (χ1) is 11.2. The van der Waals surface area contributed by atoms with Crippen LogP contribution in [0.3, 0.4) is 0 Å². The summed E-state index contributed by atoms with van der Waals surface area (Å²) < 4.78 is 28.4. The molecule has 4 nitrogen and oxygen atoms in total. The Labute approximate surface area is 135 Å². The summed E-state index contributed by atoms with van der Waals surface area (Å²) in [6, 6.07) is 13.0. The lowest BCUT2D eigenvalue weighted by Gasteiger charge is -2.05. The van der Waals surface area contributed by atoms with Crippen LogP contribution in [-0.4, -0.2) is 16.6 Å². The SMILES string of the molecule is FC(F)Oc1ccc(CNc2nc(-c3ccccc3)cs2)nc1. The van der Waals surface area contributed by atoms with Gasteiger partial charge in [-0.05, 0) is 12.1 Å². The molecule has 2 heterocycles. The van der Waals surface area contributed by atoms with E-state index in [1.807, 2.05) is 35.7 Å². The van der Waals surface area contributed by atoms with Gasteiger partial charge in [-0.1, -0.05) is 30.3 Å². The summed E-state index contributed by atoms with van der Waals surface area (Å²) in [5.41, 5.74) is 2.68. The number of thiazole rings is 1. The number of hydrogen-bond donors (Lipinski definition) is 1. The van der Waals surface area contributed by atoms with Crippen LogP contribution in [0.15, 0.2) is 54.0 Å². The van der Waals surface area contributed by atoms with Gasteiger partial charge in [0.25, 0.3) is 0 Å². The lowest BCUT2D eigenvalue weighted by atomic mass is 10.2. The standard InChI is InChI=1S/C16H13F2N3OS/c17-15(18)22-13-7-6-12(19-9-13)8-20-16-21-14(10-23-16)11-4-2-1-3-5-11/h1-7,9-10,15H,8H2,(H,20,21). The van der Waals surface area contributed by atoms with Crippen LogP contribution in [0.4, 0.5) is 13.9 Å². The lowest BCUT2D eigenvalue weighted by molar-refractivity contribution is -0.0500. The summed E-state index contributed by atoms with van der Waals surface area (Å²) in [4.78, 5) is 8.58. The molecule has 0 amide bonds. The summed E-state index contributed by atoms with van der Waals surface area (Å²) in [6.45, 7) is -2.39. The zero-order chi connectivity index (χ0) is 16.1. The van der Waals surface area contributed by atoms with E-state index in [1.54, 1.807) is 6.07 Å². The first kappa shape index (κ1) is 15.4. The van der Waals surface area contributed by atoms with E-state index in [9.17, 15) is 8.78 Å². The molecule has 0 aliphatic rings. The van der Waals surface area contributed by atoms with Crippen molar-refractivity contribution in [1.82, 2.24) is 9.97 Å². The summed E-state index contributed by atoms with van der Waals surface area (Å²) in [5.74, 6) is 0.0457. The average molecular weight is 333 g/mol. The Kier molecular flexibility index (Phi) is 4.77. The highest BCUT2D eigenvalue weighted by molar-refractivity contribution is 7.14. The molecule has 0 aliphatic heterocycles. The second-order valence-corrected chi connectivity index (χ2v) is 5.48. The number of rotatable bonds is 6. The number of benzene rings is 1. The number of nitrogens with zero attached hydrogens (tertiary/aromatic N) is 2. The second-order valence-electron chi connectivity index (χ2n) is 4.62. The lowest BCUT2D eigenvalue weighted by Crippen LogP contribution is -2.04. The van der Waals surface area contributed by atoms with Crippen molar-refractivity contribution < 1.29 is 13.5 Å². The average Bonchev–Trinajstić information content (AvgIpc) is 3.04. The van der Waals surface area contributed by atoms with Crippen molar-refractivity contribution >= 4 is 16.5 Å². The van der Waals surface area contributed by atoms with Gasteiger partial charge in [-0.25, -0.2) is 4.98 Å². The molecular formula is C16H13F2N3OS. The van der Waals surface area contributed by atoms with E-state index in [1.165, 1.54) is 23.6 Å². The molecule has 0 saturated heterocycles. The molecule has 2 aromatic heterocycles. The number of hydrogen-bond acceptors (Lipinski definition) is 5. The molecule has 0 spiro atoms. The number of aromatic nitrogens is 2. The van der Waals surface area contributed by atoms with E-state index >= 15 is 0 Å². The molecule has 118 valence electrons. The Morgan fingerprint density at radius 2 is 1.96 bits per heavy atom. The minimum atomic E-state index is -2.84. The normalized spacial score (nSPS) is 10.7. The molecule has 1 aromatic carbocycles. The Balaban J connectivity index is 1.59. The first-order valence-electron chi connectivity index (χ1n) is 6.85. The van der Waals surface area contributed by atoms with E-state index in [-0.39, 0.29) is 5.75 Å². The third-order valence-electron chi connectivity index (χ3n) is 3.02. The molecule has 0 unspecified atom stereocenters. The van der Waals surface area contributed by atoms with Crippen molar-refractivity contribution in [3.05, 3.63) is 59.7 Å². The summed E-state index contributed by atoms with van der Waals surface area (Å²) in [5, 5.41) is 5.92. The van der Waals surface area contributed by atoms with Crippen LogP contribution in [0.25, 0.3) is 11.3 Å². The van der Waals surface area contributed by atoms with Gasteiger partial charge in [0.1, 0.15) is 5.75 Å². The van der Waals surface area contributed by atoms with E-state index in [4.69, 9.17) is 0 Å². The number of anilines is 1. The van der Waals surface area contributed by atoms with Gasteiger partial charge < -0.3 is 10.1 Å². The second kappa shape index (κ2) is 7.15. The van der Waals surface area contributed by atoms with Crippen LogP contribution >= 0.6 is 11.3 Å². The molecule has 0 atom stereocenters. The van der Waals surface area contributed by atoms with Gasteiger partial charge in [0.15, 0.2) is 5.13 Å². The predicted octanol–water partition coefficient (Wildman–Crippen LogP) is 4.42. The zero-order valence-corrected chi connectivity index (χ0v) is 12.8. The van der Waals surface area contributed by atoms with E-state index < -0.39 is 6.61 Å². The molecular weight excluding hydrogens is 320 g/mol. The van der Waals surface area contributed by atoms with Crippen molar-refractivity contribution in [2.75, 3.05) is 5.32 Å². The van der Waals surface area contributed by atoms with Gasteiger partial charge in [0.2, 0.25) is 0 Å². The van der Waals surface area contributed by atoms with Crippen LogP contribution in [0.2, 0.25) is 0 Å². The Hall–Kier alpha value is -2.54. The fourth-order valence-electron chi connectivity index (χ4n) is 1.95. The smallest absolute Gasteiger partial charge is 0.387 e. The number of halogens is 2. The minimum Gasteiger partial charge on any atom is -0.433 e. The van der Waals surface area contributed by atoms with Crippen molar-refractivity contribution in [2.45, 2.75) is 13.2 Å². The molecule has 7 heteroatoms. The maximum Gasteiger partial charge on any atom is 0.387 e. The molecule has 3 aromatic rings. The summed E-state index contributed by atoms with van der Waals surface area (Å²) in [6.07, 6.45) is 1.28. The monoisotopic (exact) mass is 333 g/mol. The highest BCUT2D eigenvalue weighted by atomic mass is 32.1. The maximum absolute atomic E-state index is 12.1. The fraction of sp³-hybridized carbons (Fsp3) is 0.125. The Morgan fingerprint density at radius 1 is 1.13 bits per heavy atom. The molecule has 23 heavy (non-hydrogen) atoms. The topological polar surface area (TPSA) is 47.0 Å². The van der Waals surface area contributed by atoms with Gasteiger partial charge in [-0.2, -0.15) is 8.78 Å². The number of pyridine rings is 1. The first-order valence-corrected chi connectivity index (χ1v) is 7.73. The highest BCUT2D eigenvalue weighted by Gasteiger charge is 2.06. The summed E-state index contributed by atoms with van der Waals surface area (Å²) in [7, 11) is 0. The summed E-state index contributed by atoms with van der Waals surface area (Å²) >= 11 is 1.50. The van der Waals surface area contributed by atoms with E-state index in [2.05, 4.69) is 20.0 Å². The van der Waals surface area contributed by atoms with Gasteiger partial charge in [0, 0.05) is 10.9 Å². The van der Waals surface area contributed by atoms with E-state index in [0.29, 0.717) is 12.2 Å². The molecule has 0 fully saturated rings. The fourth-order valence-corrected chi connectivity index (χ4v) is 2.67. The molecule has 0 aliphatic carbocycles. The quantitative estimate of drug-likeness (QED) is 0.725. The largest absolute Gasteiger partial charge is 0.433 e. The van der Waals surface area contributed by atoms with Crippen molar-refractivity contribution in [3.8, 4) is 17.0 Å². The molecule has 3 rings (SSSR count). The van der Waals surface area contributed by atoms with Gasteiger partial charge >= 0.3 is 6.61 Å². The van der Waals surface area contributed by atoms with Crippen molar-refractivity contribution in [2.24, 2.45) is 0 Å². The zero-order valence-electron chi connectivity index (χ0n) is 11.9. The Bertz CT molecular complexity index is 748. The van der Waals surface area contributed by atoms with Crippen molar-refractivity contribution in [3.63, 3.8) is 0 Å². The van der Waals surface area contributed by atoms with E-state index in [0.717, 1.165) is 16.4 Å². The maximum atomic E-state index is 12.1. The third kappa shape index (κ3) is 4.23. The molecule has 0 bridgehead atoms. The van der Waals surface area contributed by atoms with Crippen LogP contribution in [0, 0.1) is 0 Å². The highest BCUT2D eigenvalue weighted by Crippen LogP contribution is 2.24. The van der Waals surface area contributed by atoms with Crippen LogP contribution in [-0.2, 0) is 6.54 Å². The molecule has 1 N–H and O–H groups in total. The minimum absolute atomic E-state index is 0.0457. The predicted molar refractivity (Wildman–Crippen MR) is 85.7 cm³/mol. The van der Waals surface area contributed by atoms with Crippen LogP contribution in [0.5, 0.6) is 5.75 Å². The number of alkyl halides is 2.